The van der Waals surface area contributed by atoms with E-state index in [4.69, 9.17) is 11.6 Å². The Balaban J connectivity index is 1.57. The molecule has 31 heavy (non-hydrogen) atoms. The first-order valence-corrected chi connectivity index (χ1v) is 11.8. The maximum Gasteiger partial charge on any atom is 0.280 e. The lowest BCUT2D eigenvalue weighted by Crippen LogP contribution is -2.55. The van der Waals surface area contributed by atoms with Crippen molar-refractivity contribution in [1.29, 1.82) is 0 Å². The van der Waals surface area contributed by atoms with E-state index in [1.165, 1.54) is 36.8 Å². The van der Waals surface area contributed by atoms with Crippen LogP contribution >= 0.6 is 22.9 Å². The molecule has 2 atom stereocenters. The highest BCUT2D eigenvalue weighted by atomic mass is 35.5. The number of hydrogen-bond acceptors (Lipinski definition) is 6. The Morgan fingerprint density at radius 1 is 1.29 bits per heavy atom. The van der Waals surface area contributed by atoms with Crippen LogP contribution < -0.4 is 10.0 Å². The number of carbonyl (C=O) groups is 1. The molecule has 0 saturated carbocycles. The summed E-state index contributed by atoms with van der Waals surface area (Å²) in [7, 11) is -2.56. The Morgan fingerprint density at radius 3 is 2.74 bits per heavy atom. The minimum Gasteiger partial charge on any atom is -0.325 e. The maximum atomic E-state index is 13.4. The van der Waals surface area contributed by atoms with Gasteiger partial charge in [-0.1, -0.05) is 11.6 Å². The zero-order valence-corrected chi connectivity index (χ0v) is 18.5. The molecule has 0 bridgehead atoms. The number of halogens is 2. The Bertz CT molecular complexity index is 1220. The number of nitrogens with zero attached hydrogens (tertiary/aromatic N) is 3. The minimum atomic E-state index is -3.90. The Hall–Kier alpha value is -2.44. The van der Waals surface area contributed by atoms with Crippen molar-refractivity contribution in [1.82, 2.24) is 19.0 Å². The highest BCUT2D eigenvalue weighted by molar-refractivity contribution is 7.87. The minimum absolute atomic E-state index is 0.141. The van der Waals surface area contributed by atoms with Crippen molar-refractivity contribution >= 4 is 44.7 Å². The van der Waals surface area contributed by atoms with Crippen LogP contribution in [0.2, 0.25) is 5.02 Å². The molecule has 2 N–H and O–H groups in total. The Kier molecular flexibility index (Phi) is 6.04. The van der Waals surface area contributed by atoms with Crippen LogP contribution in [0.5, 0.6) is 0 Å². The number of amides is 1. The molecule has 8 nitrogen and oxygen atoms in total. The molecule has 2 aromatic heterocycles. The third-order valence-corrected chi connectivity index (χ3v) is 7.85. The lowest BCUT2D eigenvalue weighted by molar-refractivity contribution is -0.120. The van der Waals surface area contributed by atoms with Crippen LogP contribution in [0.25, 0.3) is 11.1 Å². The average Bonchev–Trinajstić information content (AvgIpc) is 3.23. The molecule has 1 aliphatic heterocycles. The zero-order chi connectivity index (χ0) is 22.2. The van der Waals surface area contributed by atoms with Gasteiger partial charge in [0.2, 0.25) is 5.91 Å². The molecule has 12 heteroatoms. The smallest absolute Gasteiger partial charge is 0.280 e. The number of benzene rings is 1. The largest absolute Gasteiger partial charge is 0.325 e. The van der Waals surface area contributed by atoms with Gasteiger partial charge < -0.3 is 5.32 Å². The van der Waals surface area contributed by atoms with Gasteiger partial charge >= 0.3 is 0 Å². The molecule has 2 unspecified atom stereocenters. The SMILES string of the molecule is CN1C(C(=O)Nc2ccc(F)c(Cl)c2)CC(c2cc(-c3cncnc3)cs2)NS1(=O)=O. The van der Waals surface area contributed by atoms with Crippen molar-refractivity contribution < 1.29 is 17.6 Å². The summed E-state index contributed by atoms with van der Waals surface area (Å²) in [6.45, 7) is 0. The van der Waals surface area contributed by atoms with Gasteiger partial charge in [-0.05, 0) is 41.6 Å². The number of nitrogens with one attached hydrogen (secondary N) is 2. The monoisotopic (exact) mass is 481 g/mol. The van der Waals surface area contributed by atoms with Gasteiger partial charge in [-0.3, -0.25) is 4.79 Å². The van der Waals surface area contributed by atoms with E-state index >= 15 is 0 Å². The highest BCUT2D eigenvalue weighted by Gasteiger charge is 2.41. The molecule has 1 fully saturated rings. The number of carbonyl (C=O) groups excluding carboxylic acids is 1. The number of hydrogen-bond donors (Lipinski definition) is 2. The number of anilines is 1. The third kappa shape index (κ3) is 4.60. The molecule has 3 aromatic rings. The fourth-order valence-electron chi connectivity index (χ4n) is 3.23. The van der Waals surface area contributed by atoms with Gasteiger partial charge in [0.1, 0.15) is 18.2 Å². The topological polar surface area (TPSA) is 104 Å². The van der Waals surface area contributed by atoms with Gasteiger partial charge in [-0.2, -0.15) is 17.4 Å². The molecule has 1 aliphatic rings. The normalized spacial score (nSPS) is 21.0. The van der Waals surface area contributed by atoms with Crippen LogP contribution in [0, 0.1) is 5.82 Å². The van der Waals surface area contributed by atoms with Crippen molar-refractivity contribution in [3.05, 3.63) is 64.1 Å². The second-order valence-electron chi connectivity index (χ2n) is 6.93. The molecular formula is C19H17ClFN5O3S2. The second-order valence-corrected chi connectivity index (χ2v) is 10.0. The number of likely N-dealkylation sites (N-methyl/N-ethyl adjacent to an activating group) is 1. The van der Waals surface area contributed by atoms with Crippen molar-refractivity contribution in [2.45, 2.75) is 18.5 Å². The van der Waals surface area contributed by atoms with Crippen LogP contribution in [-0.2, 0) is 15.0 Å². The molecule has 1 saturated heterocycles. The van der Waals surface area contributed by atoms with E-state index in [0.29, 0.717) is 0 Å². The fourth-order valence-corrected chi connectivity index (χ4v) is 5.73. The first-order chi connectivity index (χ1) is 14.7. The van der Waals surface area contributed by atoms with Crippen molar-refractivity contribution in [2.75, 3.05) is 12.4 Å². The molecule has 0 radical (unpaired) electrons. The van der Waals surface area contributed by atoms with E-state index in [1.807, 2.05) is 11.4 Å². The standard InChI is InChI=1S/C19H17ClFN5O3S2/c1-26-17(19(27)24-13-2-3-15(21)14(20)5-13)6-16(25-31(26,28)29)18-4-11(9-30-18)12-7-22-10-23-8-12/h2-5,7-10,16-17,25H,6H2,1H3,(H,24,27). The summed E-state index contributed by atoms with van der Waals surface area (Å²) >= 11 is 7.15. The van der Waals surface area contributed by atoms with Crippen molar-refractivity contribution in [3.8, 4) is 11.1 Å². The van der Waals surface area contributed by atoms with Gasteiger partial charge in [0.15, 0.2) is 0 Å². The molecular weight excluding hydrogens is 465 g/mol. The number of rotatable bonds is 4. The average molecular weight is 482 g/mol. The van der Waals surface area contributed by atoms with Crippen LogP contribution in [0.15, 0.2) is 48.4 Å². The van der Waals surface area contributed by atoms with E-state index in [0.717, 1.165) is 26.4 Å². The number of aromatic nitrogens is 2. The van der Waals surface area contributed by atoms with Gasteiger partial charge in [0.05, 0.1) is 11.1 Å². The van der Waals surface area contributed by atoms with Crippen molar-refractivity contribution in [3.63, 3.8) is 0 Å². The van der Waals surface area contributed by atoms with Gasteiger partial charge in [0, 0.05) is 35.6 Å². The lowest BCUT2D eigenvalue weighted by atomic mass is 10.0. The number of thiophene rings is 1. The molecule has 1 amide bonds. The summed E-state index contributed by atoms with van der Waals surface area (Å²) < 4.78 is 42.3. The first-order valence-electron chi connectivity index (χ1n) is 9.09. The third-order valence-electron chi connectivity index (χ3n) is 4.92. The first kappa shape index (κ1) is 21.8. The highest BCUT2D eigenvalue weighted by Crippen LogP contribution is 2.34. The molecule has 3 heterocycles. The molecule has 1 aromatic carbocycles. The summed E-state index contributed by atoms with van der Waals surface area (Å²) in [6.07, 6.45) is 4.98. The molecule has 4 rings (SSSR count). The Morgan fingerprint density at radius 2 is 2.03 bits per heavy atom. The van der Waals surface area contributed by atoms with Gasteiger partial charge in [-0.15, -0.1) is 11.3 Å². The van der Waals surface area contributed by atoms with Crippen LogP contribution in [0.1, 0.15) is 17.3 Å². The summed E-state index contributed by atoms with van der Waals surface area (Å²) in [5.74, 6) is -1.15. The molecule has 162 valence electrons. The Labute approximate surface area is 187 Å². The zero-order valence-electron chi connectivity index (χ0n) is 16.1. The summed E-state index contributed by atoms with van der Waals surface area (Å²) in [4.78, 5) is 21.6. The van der Waals surface area contributed by atoms with Crippen LogP contribution in [-0.4, -0.2) is 41.7 Å². The van der Waals surface area contributed by atoms with E-state index in [1.54, 1.807) is 12.4 Å². The van der Waals surface area contributed by atoms with E-state index in [-0.39, 0.29) is 17.1 Å². The van der Waals surface area contributed by atoms with E-state index in [2.05, 4.69) is 20.0 Å². The predicted octanol–water partition coefficient (Wildman–Crippen LogP) is 3.22. The van der Waals surface area contributed by atoms with Crippen molar-refractivity contribution in [2.24, 2.45) is 0 Å². The van der Waals surface area contributed by atoms with Gasteiger partial charge in [0.25, 0.3) is 10.2 Å². The van der Waals surface area contributed by atoms with E-state index < -0.39 is 34.0 Å². The lowest BCUT2D eigenvalue weighted by Gasteiger charge is -2.35. The predicted molar refractivity (Wildman–Crippen MR) is 116 cm³/mol. The molecule has 0 aliphatic carbocycles. The quantitative estimate of drug-likeness (QED) is 0.595. The second kappa shape index (κ2) is 8.60. The maximum absolute atomic E-state index is 13.4. The van der Waals surface area contributed by atoms with Crippen LogP contribution in [0.4, 0.5) is 10.1 Å². The summed E-state index contributed by atoms with van der Waals surface area (Å²) in [5.41, 5.74) is 1.95. The summed E-state index contributed by atoms with van der Waals surface area (Å²) in [5, 5.41) is 4.36. The van der Waals surface area contributed by atoms with E-state index in [9.17, 15) is 17.6 Å². The molecule has 0 spiro atoms. The van der Waals surface area contributed by atoms with Gasteiger partial charge in [-0.25, -0.2) is 14.4 Å². The summed E-state index contributed by atoms with van der Waals surface area (Å²) in [6, 6.07) is 4.07. The fraction of sp³-hybridized carbons (Fsp3) is 0.211. The van der Waals surface area contributed by atoms with Crippen LogP contribution in [0.3, 0.4) is 0 Å².